The van der Waals surface area contributed by atoms with Crippen LogP contribution in [0.2, 0.25) is 0 Å². The lowest BCUT2D eigenvalue weighted by Crippen LogP contribution is -2.02. The van der Waals surface area contributed by atoms with Gasteiger partial charge in [-0.15, -0.1) is 0 Å². The lowest BCUT2D eigenvalue weighted by molar-refractivity contribution is -0.119. The zero-order valence-electron chi connectivity index (χ0n) is 9.62. The van der Waals surface area contributed by atoms with Crippen molar-refractivity contribution < 1.29 is 4.79 Å². The van der Waals surface area contributed by atoms with E-state index in [2.05, 4.69) is 12.0 Å². The number of Topliss-reactive ketones (excluding diaryl/α,β-unsaturated/α-hetero) is 1. The summed E-state index contributed by atoms with van der Waals surface area (Å²) in [4.78, 5) is 11.2. The second-order valence-corrected chi connectivity index (χ2v) is 3.68. The molecule has 3 heteroatoms. The first kappa shape index (κ1) is 13.1. The lowest BCUT2D eigenvalue weighted by atomic mass is 10.1. The molecule has 0 rings (SSSR count). The van der Waals surface area contributed by atoms with Crippen molar-refractivity contribution in [2.75, 3.05) is 14.1 Å². The van der Waals surface area contributed by atoms with E-state index in [9.17, 15) is 4.79 Å². The maximum absolute atomic E-state index is 11.2. The Labute approximate surface area is 87.2 Å². The van der Waals surface area contributed by atoms with Crippen LogP contribution >= 0.6 is 0 Å². The fourth-order valence-electron chi connectivity index (χ4n) is 1.11. The van der Waals surface area contributed by atoms with Crippen molar-refractivity contribution in [2.24, 2.45) is 5.10 Å². The molecular formula is C11H22N2O. The molecule has 3 nitrogen and oxygen atoms in total. The Morgan fingerprint density at radius 1 is 1.29 bits per heavy atom. The molecule has 0 aromatic carbocycles. The molecule has 0 aliphatic carbocycles. The topological polar surface area (TPSA) is 32.7 Å². The first-order valence-corrected chi connectivity index (χ1v) is 5.38. The molecule has 0 bridgehead atoms. The maximum Gasteiger partial charge on any atom is 0.132 e. The summed E-state index contributed by atoms with van der Waals surface area (Å²) in [7, 11) is 3.78. The summed E-state index contributed by atoms with van der Waals surface area (Å²) in [6, 6.07) is 0. The number of hydrogen-bond acceptors (Lipinski definition) is 3. The van der Waals surface area contributed by atoms with E-state index < -0.39 is 0 Å². The molecule has 0 N–H and O–H groups in total. The largest absolute Gasteiger partial charge is 0.303 e. The molecule has 0 amide bonds. The van der Waals surface area contributed by atoms with Crippen LogP contribution in [0.15, 0.2) is 5.10 Å². The minimum atomic E-state index is 0.394. The van der Waals surface area contributed by atoms with Gasteiger partial charge in [-0.2, -0.15) is 5.10 Å². The van der Waals surface area contributed by atoms with Crippen LogP contribution in [0.5, 0.6) is 0 Å². The Balaban J connectivity index is 3.31. The van der Waals surface area contributed by atoms with Gasteiger partial charge in [0.1, 0.15) is 5.78 Å². The molecule has 0 heterocycles. The van der Waals surface area contributed by atoms with Gasteiger partial charge in [-0.1, -0.05) is 13.3 Å². The van der Waals surface area contributed by atoms with Crippen LogP contribution in [-0.2, 0) is 4.79 Å². The van der Waals surface area contributed by atoms with Crippen molar-refractivity contribution >= 4 is 12.0 Å². The number of nitrogens with zero attached hydrogens (tertiary/aromatic N) is 2. The van der Waals surface area contributed by atoms with E-state index in [1.807, 2.05) is 20.3 Å². The molecule has 0 saturated heterocycles. The van der Waals surface area contributed by atoms with E-state index in [0.29, 0.717) is 12.2 Å². The molecule has 14 heavy (non-hydrogen) atoms. The van der Waals surface area contributed by atoms with Crippen molar-refractivity contribution in [3.05, 3.63) is 0 Å². The quantitative estimate of drug-likeness (QED) is 0.341. The van der Waals surface area contributed by atoms with Crippen LogP contribution < -0.4 is 0 Å². The van der Waals surface area contributed by atoms with Gasteiger partial charge in [0.15, 0.2) is 0 Å². The van der Waals surface area contributed by atoms with Gasteiger partial charge in [-0.05, 0) is 19.3 Å². The Kier molecular flexibility index (Phi) is 8.19. The highest BCUT2D eigenvalue weighted by molar-refractivity contribution is 5.78. The maximum atomic E-state index is 11.2. The second-order valence-electron chi connectivity index (χ2n) is 3.68. The summed E-state index contributed by atoms with van der Waals surface area (Å²) in [6.07, 6.45) is 7.29. The number of rotatable bonds is 8. The normalized spacial score (nSPS) is 10.8. The number of carbonyl (C=O) groups is 1. The third-order valence-corrected chi connectivity index (χ3v) is 1.91. The molecule has 0 aromatic rings. The van der Waals surface area contributed by atoms with Gasteiger partial charge in [0, 0.05) is 33.2 Å². The van der Waals surface area contributed by atoms with Gasteiger partial charge in [-0.3, -0.25) is 4.79 Å². The van der Waals surface area contributed by atoms with Crippen LogP contribution in [0.4, 0.5) is 0 Å². The van der Waals surface area contributed by atoms with Crippen LogP contribution in [0, 0.1) is 0 Å². The molecule has 0 atom stereocenters. The van der Waals surface area contributed by atoms with E-state index in [1.54, 1.807) is 5.01 Å². The van der Waals surface area contributed by atoms with Crippen molar-refractivity contribution in [1.82, 2.24) is 5.01 Å². The van der Waals surface area contributed by atoms with E-state index >= 15 is 0 Å². The summed E-state index contributed by atoms with van der Waals surface area (Å²) in [5.74, 6) is 0.394. The fraction of sp³-hybridized carbons (Fsp3) is 0.818. The highest BCUT2D eigenvalue weighted by Gasteiger charge is 1.99. The Morgan fingerprint density at radius 2 is 1.93 bits per heavy atom. The molecule has 0 aliphatic heterocycles. The Bertz CT molecular complexity index is 176. The van der Waals surface area contributed by atoms with Gasteiger partial charge in [0.25, 0.3) is 0 Å². The molecule has 0 aromatic heterocycles. The van der Waals surface area contributed by atoms with Crippen LogP contribution in [0.25, 0.3) is 0 Å². The highest BCUT2D eigenvalue weighted by Crippen LogP contribution is 2.02. The van der Waals surface area contributed by atoms with Gasteiger partial charge in [-0.25, -0.2) is 0 Å². The van der Waals surface area contributed by atoms with Gasteiger partial charge >= 0.3 is 0 Å². The number of hydrogen-bond donors (Lipinski definition) is 0. The van der Waals surface area contributed by atoms with E-state index in [-0.39, 0.29) is 0 Å². The number of carbonyl (C=O) groups excluding carboxylic acids is 1. The molecule has 0 radical (unpaired) electrons. The Morgan fingerprint density at radius 3 is 2.50 bits per heavy atom. The molecular weight excluding hydrogens is 176 g/mol. The predicted molar refractivity (Wildman–Crippen MR) is 60.6 cm³/mol. The molecule has 0 unspecified atom stereocenters. The Hall–Kier alpha value is -0.860. The minimum Gasteiger partial charge on any atom is -0.303 e. The number of hydrazone groups is 1. The summed E-state index contributed by atoms with van der Waals surface area (Å²) >= 11 is 0. The fourth-order valence-corrected chi connectivity index (χ4v) is 1.11. The molecule has 0 aliphatic rings. The molecule has 82 valence electrons. The van der Waals surface area contributed by atoms with E-state index in [0.717, 1.165) is 32.1 Å². The van der Waals surface area contributed by atoms with Gasteiger partial charge in [0.05, 0.1) is 0 Å². The van der Waals surface area contributed by atoms with E-state index in [1.165, 1.54) is 0 Å². The minimum absolute atomic E-state index is 0.394. The predicted octanol–water partition coefficient (Wildman–Crippen LogP) is 2.46. The second kappa shape index (κ2) is 8.73. The van der Waals surface area contributed by atoms with E-state index in [4.69, 9.17) is 0 Å². The first-order chi connectivity index (χ1) is 6.66. The summed E-state index contributed by atoms with van der Waals surface area (Å²) in [5.41, 5.74) is 0. The molecule has 0 saturated carbocycles. The van der Waals surface area contributed by atoms with Crippen molar-refractivity contribution in [1.29, 1.82) is 0 Å². The number of ketones is 1. The SMILES string of the molecule is CCCCC(=O)CCC/C=N/N(C)C. The molecule has 0 spiro atoms. The highest BCUT2D eigenvalue weighted by atomic mass is 16.1. The zero-order chi connectivity index (χ0) is 10.8. The van der Waals surface area contributed by atoms with Crippen molar-refractivity contribution in [3.8, 4) is 0 Å². The first-order valence-electron chi connectivity index (χ1n) is 5.38. The van der Waals surface area contributed by atoms with Crippen LogP contribution in [0.3, 0.4) is 0 Å². The summed E-state index contributed by atoms with van der Waals surface area (Å²) in [5, 5.41) is 5.84. The summed E-state index contributed by atoms with van der Waals surface area (Å²) < 4.78 is 0. The van der Waals surface area contributed by atoms with Gasteiger partial charge in [0.2, 0.25) is 0 Å². The standard InChI is InChI=1S/C11H22N2O/c1-4-5-8-11(14)9-6-7-10-12-13(2)3/h10H,4-9H2,1-3H3/b12-10+. The lowest BCUT2D eigenvalue weighted by Gasteiger charge is -2.02. The van der Waals surface area contributed by atoms with Crippen molar-refractivity contribution in [2.45, 2.75) is 45.4 Å². The van der Waals surface area contributed by atoms with Crippen molar-refractivity contribution in [3.63, 3.8) is 0 Å². The monoisotopic (exact) mass is 198 g/mol. The zero-order valence-corrected chi connectivity index (χ0v) is 9.62. The smallest absolute Gasteiger partial charge is 0.132 e. The van der Waals surface area contributed by atoms with Crippen LogP contribution in [-0.4, -0.2) is 31.1 Å². The molecule has 0 fully saturated rings. The third-order valence-electron chi connectivity index (χ3n) is 1.91. The average Bonchev–Trinajstić information content (AvgIpc) is 2.13. The van der Waals surface area contributed by atoms with Gasteiger partial charge < -0.3 is 5.01 Å². The third kappa shape index (κ3) is 9.23. The summed E-state index contributed by atoms with van der Waals surface area (Å²) in [6.45, 7) is 2.11. The van der Waals surface area contributed by atoms with Crippen LogP contribution in [0.1, 0.15) is 45.4 Å². The number of unbranched alkanes of at least 4 members (excludes halogenated alkanes) is 2. The average molecular weight is 198 g/mol.